The van der Waals surface area contributed by atoms with Crippen LogP contribution in [0.3, 0.4) is 0 Å². The van der Waals surface area contributed by atoms with Crippen LogP contribution in [0, 0.1) is 0 Å². The van der Waals surface area contributed by atoms with Gasteiger partial charge in [-0.25, -0.2) is 0 Å². The molecule has 0 fully saturated rings. The molecule has 116 valence electrons. The number of benzene rings is 1. The molecule has 21 heavy (non-hydrogen) atoms. The Morgan fingerprint density at radius 3 is 2.71 bits per heavy atom. The molecular weight excluding hydrogens is 268 g/mol. The number of carbonyl (C=O) groups excluding carboxylic acids is 1. The SMILES string of the molecule is CC(NCCC(=O)N(C)C)c1ccc2c(c1)OCCCO2. The molecule has 1 amide bonds. The predicted molar refractivity (Wildman–Crippen MR) is 81.8 cm³/mol. The van der Waals surface area contributed by atoms with Crippen molar-refractivity contribution >= 4 is 5.91 Å². The summed E-state index contributed by atoms with van der Waals surface area (Å²) in [5.74, 6) is 1.75. The first-order valence-corrected chi connectivity index (χ1v) is 7.41. The van der Waals surface area contributed by atoms with Crippen LogP contribution in [-0.4, -0.2) is 44.7 Å². The Balaban J connectivity index is 1.92. The average Bonchev–Trinajstić information content (AvgIpc) is 2.71. The smallest absolute Gasteiger partial charge is 0.223 e. The molecule has 0 saturated carbocycles. The summed E-state index contributed by atoms with van der Waals surface area (Å²) < 4.78 is 11.3. The second-order valence-electron chi connectivity index (χ2n) is 5.47. The van der Waals surface area contributed by atoms with Gasteiger partial charge in [0.1, 0.15) is 0 Å². The van der Waals surface area contributed by atoms with Crippen molar-refractivity contribution in [2.45, 2.75) is 25.8 Å². The summed E-state index contributed by atoms with van der Waals surface area (Å²) in [6.45, 7) is 4.13. The Morgan fingerprint density at radius 1 is 1.29 bits per heavy atom. The lowest BCUT2D eigenvalue weighted by Gasteiger charge is -2.17. The number of amides is 1. The van der Waals surface area contributed by atoms with E-state index in [2.05, 4.69) is 12.2 Å². The van der Waals surface area contributed by atoms with Gasteiger partial charge in [0.05, 0.1) is 13.2 Å². The molecule has 1 aromatic rings. The first-order valence-electron chi connectivity index (χ1n) is 7.41. The molecule has 0 aliphatic carbocycles. The van der Waals surface area contributed by atoms with E-state index in [1.165, 1.54) is 0 Å². The number of fused-ring (bicyclic) bond motifs is 1. The fourth-order valence-electron chi connectivity index (χ4n) is 2.19. The Morgan fingerprint density at radius 2 is 2.00 bits per heavy atom. The normalized spacial score (nSPS) is 15.2. The summed E-state index contributed by atoms with van der Waals surface area (Å²) in [7, 11) is 3.55. The fraction of sp³-hybridized carbons (Fsp3) is 0.562. The third-order valence-electron chi connectivity index (χ3n) is 3.56. The highest BCUT2D eigenvalue weighted by molar-refractivity contribution is 5.75. The zero-order chi connectivity index (χ0) is 15.2. The highest BCUT2D eigenvalue weighted by atomic mass is 16.5. The maximum Gasteiger partial charge on any atom is 0.223 e. The molecule has 1 aromatic carbocycles. The number of rotatable bonds is 5. The van der Waals surface area contributed by atoms with E-state index in [4.69, 9.17) is 9.47 Å². The van der Waals surface area contributed by atoms with Gasteiger partial charge in [-0.1, -0.05) is 6.07 Å². The molecule has 1 aliphatic rings. The number of ether oxygens (including phenoxy) is 2. The van der Waals surface area contributed by atoms with Crippen LogP contribution in [0.4, 0.5) is 0 Å². The van der Waals surface area contributed by atoms with Crippen LogP contribution < -0.4 is 14.8 Å². The lowest BCUT2D eigenvalue weighted by molar-refractivity contribution is -0.128. The van der Waals surface area contributed by atoms with Gasteiger partial charge in [0.2, 0.25) is 5.91 Å². The van der Waals surface area contributed by atoms with Crippen molar-refractivity contribution in [3.8, 4) is 11.5 Å². The Kier molecular flexibility index (Phi) is 5.44. The van der Waals surface area contributed by atoms with Crippen molar-refractivity contribution in [3.63, 3.8) is 0 Å². The monoisotopic (exact) mass is 292 g/mol. The zero-order valence-electron chi connectivity index (χ0n) is 13.0. The first-order chi connectivity index (χ1) is 10.1. The molecule has 1 N–H and O–H groups in total. The molecule has 1 atom stereocenters. The van der Waals surface area contributed by atoms with E-state index < -0.39 is 0 Å². The van der Waals surface area contributed by atoms with Crippen LogP contribution in [0.25, 0.3) is 0 Å². The van der Waals surface area contributed by atoms with Crippen molar-refractivity contribution < 1.29 is 14.3 Å². The number of nitrogens with one attached hydrogen (secondary N) is 1. The van der Waals surface area contributed by atoms with Crippen molar-refractivity contribution in [1.82, 2.24) is 10.2 Å². The minimum atomic E-state index is 0.133. The second-order valence-corrected chi connectivity index (χ2v) is 5.47. The van der Waals surface area contributed by atoms with E-state index in [1.54, 1.807) is 19.0 Å². The van der Waals surface area contributed by atoms with E-state index in [-0.39, 0.29) is 11.9 Å². The van der Waals surface area contributed by atoms with Crippen LogP contribution in [0.15, 0.2) is 18.2 Å². The molecule has 5 heteroatoms. The summed E-state index contributed by atoms with van der Waals surface area (Å²) in [5.41, 5.74) is 1.14. The zero-order valence-corrected chi connectivity index (χ0v) is 13.0. The van der Waals surface area contributed by atoms with Gasteiger partial charge in [-0.2, -0.15) is 0 Å². The second kappa shape index (κ2) is 7.31. The highest BCUT2D eigenvalue weighted by Crippen LogP contribution is 2.32. The lowest BCUT2D eigenvalue weighted by atomic mass is 10.1. The topological polar surface area (TPSA) is 50.8 Å². The van der Waals surface area contributed by atoms with Crippen molar-refractivity contribution in [2.24, 2.45) is 0 Å². The standard InChI is InChI=1S/C16H24N2O3/c1-12(17-8-7-16(19)18(2)3)13-5-6-14-15(11-13)21-10-4-9-20-14/h5-6,11-12,17H,4,7-10H2,1-3H3. The molecule has 0 bridgehead atoms. The molecule has 1 unspecified atom stereocenters. The summed E-state index contributed by atoms with van der Waals surface area (Å²) in [5, 5.41) is 3.36. The van der Waals surface area contributed by atoms with E-state index in [1.807, 2.05) is 18.2 Å². The number of hydrogen-bond donors (Lipinski definition) is 1. The summed E-state index contributed by atoms with van der Waals surface area (Å²) in [4.78, 5) is 13.2. The van der Waals surface area contributed by atoms with Crippen LogP contribution in [0.2, 0.25) is 0 Å². The van der Waals surface area contributed by atoms with Crippen LogP contribution in [0.5, 0.6) is 11.5 Å². The van der Waals surface area contributed by atoms with E-state index >= 15 is 0 Å². The number of carbonyl (C=O) groups is 1. The summed E-state index contributed by atoms with van der Waals surface area (Å²) in [6.07, 6.45) is 1.41. The number of hydrogen-bond acceptors (Lipinski definition) is 4. The minimum absolute atomic E-state index is 0.133. The quantitative estimate of drug-likeness (QED) is 0.901. The van der Waals surface area contributed by atoms with Gasteiger partial charge >= 0.3 is 0 Å². The van der Waals surface area contributed by atoms with Gasteiger partial charge in [-0.3, -0.25) is 4.79 Å². The minimum Gasteiger partial charge on any atom is -0.490 e. The molecule has 5 nitrogen and oxygen atoms in total. The molecule has 2 rings (SSSR count). The van der Waals surface area contributed by atoms with Crippen LogP contribution in [-0.2, 0) is 4.79 Å². The fourth-order valence-corrected chi connectivity index (χ4v) is 2.19. The molecule has 1 aliphatic heterocycles. The Bertz CT molecular complexity index is 488. The molecule has 0 spiro atoms. The maximum atomic E-state index is 11.5. The van der Waals surface area contributed by atoms with E-state index in [0.717, 1.165) is 23.5 Å². The maximum absolute atomic E-state index is 11.5. The van der Waals surface area contributed by atoms with Gasteiger partial charge in [-0.15, -0.1) is 0 Å². The van der Waals surface area contributed by atoms with Gasteiger partial charge in [0.25, 0.3) is 0 Å². The molecule has 1 heterocycles. The molecule has 0 saturated heterocycles. The van der Waals surface area contributed by atoms with Crippen molar-refractivity contribution in [2.75, 3.05) is 33.9 Å². The van der Waals surface area contributed by atoms with Gasteiger partial charge < -0.3 is 19.7 Å². The van der Waals surface area contributed by atoms with Gasteiger partial charge in [0, 0.05) is 39.5 Å². The summed E-state index contributed by atoms with van der Waals surface area (Å²) >= 11 is 0. The average molecular weight is 292 g/mol. The van der Waals surface area contributed by atoms with Crippen molar-refractivity contribution in [3.05, 3.63) is 23.8 Å². The highest BCUT2D eigenvalue weighted by Gasteiger charge is 2.13. The van der Waals surface area contributed by atoms with Crippen LogP contribution >= 0.6 is 0 Å². The van der Waals surface area contributed by atoms with Gasteiger partial charge in [0.15, 0.2) is 11.5 Å². The third-order valence-corrected chi connectivity index (χ3v) is 3.56. The van der Waals surface area contributed by atoms with Crippen molar-refractivity contribution in [1.29, 1.82) is 0 Å². The Labute approximate surface area is 126 Å². The first kappa shape index (κ1) is 15.6. The number of nitrogens with zero attached hydrogens (tertiary/aromatic N) is 1. The Hall–Kier alpha value is -1.75. The predicted octanol–water partition coefficient (Wildman–Crippen LogP) is 1.98. The molecule has 0 aromatic heterocycles. The van der Waals surface area contributed by atoms with Crippen LogP contribution in [0.1, 0.15) is 31.4 Å². The largest absolute Gasteiger partial charge is 0.490 e. The molecular formula is C16H24N2O3. The molecule has 0 radical (unpaired) electrons. The lowest BCUT2D eigenvalue weighted by Crippen LogP contribution is -2.28. The van der Waals surface area contributed by atoms with E-state index in [0.29, 0.717) is 26.2 Å². The summed E-state index contributed by atoms with van der Waals surface area (Å²) in [6, 6.07) is 6.18. The third kappa shape index (κ3) is 4.36. The van der Waals surface area contributed by atoms with Gasteiger partial charge in [-0.05, 0) is 24.6 Å². The van der Waals surface area contributed by atoms with E-state index in [9.17, 15) is 4.79 Å².